The Labute approximate surface area is 122 Å². The molecule has 1 aliphatic heterocycles. The fourth-order valence-electron chi connectivity index (χ4n) is 4.04. The highest BCUT2D eigenvalue weighted by Crippen LogP contribution is 2.36. The first-order valence-corrected chi connectivity index (χ1v) is 7.94. The molecule has 0 unspecified atom stereocenters. The number of hydrogen-bond acceptors (Lipinski definition) is 3. The lowest BCUT2D eigenvalue weighted by molar-refractivity contribution is 0.0547. The van der Waals surface area contributed by atoms with Crippen LogP contribution in [0.4, 0.5) is 5.69 Å². The van der Waals surface area contributed by atoms with Crippen molar-refractivity contribution >= 4 is 5.69 Å². The van der Waals surface area contributed by atoms with Crippen molar-refractivity contribution in [3.05, 3.63) is 23.8 Å². The number of fused-ring (bicyclic) bond motifs is 1. The first-order chi connectivity index (χ1) is 9.78. The molecular weight excluding hydrogens is 248 g/mol. The van der Waals surface area contributed by atoms with Gasteiger partial charge in [-0.05, 0) is 55.8 Å². The van der Waals surface area contributed by atoms with E-state index in [1.54, 1.807) is 7.11 Å². The van der Waals surface area contributed by atoms with Gasteiger partial charge in [0.25, 0.3) is 0 Å². The van der Waals surface area contributed by atoms with E-state index >= 15 is 0 Å². The van der Waals surface area contributed by atoms with Crippen molar-refractivity contribution in [3.8, 4) is 5.75 Å². The molecule has 1 heterocycles. The Kier molecular flexibility index (Phi) is 4.16. The second-order valence-corrected chi connectivity index (χ2v) is 6.30. The molecular formula is C17H26N2O. The smallest absolute Gasteiger partial charge is 0.141 e. The van der Waals surface area contributed by atoms with Crippen molar-refractivity contribution in [1.29, 1.82) is 0 Å². The number of nitrogens with zero attached hydrogens (tertiary/aromatic N) is 1. The fraction of sp³-hybridized carbons (Fsp3) is 0.647. The molecule has 3 nitrogen and oxygen atoms in total. The van der Waals surface area contributed by atoms with E-state index in [9.17, 15) is 0 Å². The normalized spacial score (nSPS) is 27.1. The molecule has 0 aromatic heterocycles. The van der Waals surface area contributed by atoms with E-state index in [0.29, 0.717) is 0 Å². The number of ether oxygens (including phenoxy) is 1. The van der Waals surface area contributed by atoms with E-state index in [2.05, 4.69) is 17.0 Å². The van der Waals surface area contributed by atoms with Gasteiger partial charge in [0, 0.05) is 12.6 Å². The molecule has 2 aliphatic rings. The summed E-state index contributed by atoms with van der Waals surface area (Å²) >= 11 is 0. The van der Waals surface area contributed by atoms with E-state index in [-0.39, 0.29) is 0 Å². The summed E-state index contributed by atoms with van der Waals surface area (Å²) in [4.78, 5) is 2.69. The Morgan fingerprint density at radius 3 is 2.80 bits per heavy atom. The first-order valence-electron chi connectivity index (χ1n) is 7.94. The molecule has 2 N–H and O–H groups in total. The summed E-state index contributed by atoms with van der Waals surface area (Å²) in [6.45, 7) is 2.28. The van der Waals surface area contributed by atoms with Crippen LogP contribution in [0.2, 0.25) is 0 Å². The van der Waals surface area contributed by atoms with Crippen LogP contribution in [-0.2, 0) is 6.54 Å². The molecule has 2 atom stereocenters. The van der Waals surface area contributed by atoms with Gasteiger partial charge in [0.1, 0.15) is 5.75 Å². The summed E-state index contributed by atoms with van der Waals surface area (Å²) in [5.74, 6) is 1.72. The summed E-state index contributed by atoms with van der Waals surface area (Å²) in [5, 5.41) is 0. The van der Waals surface area contributed by atoms with E-state index in [4.69, 9.17) is 10.5 Å². The molecule has 3 heteroatoms. The van der Waals surface area contributed by atoms with E-state index in [1.165, 1.54) is 50.6 Å². The Hall–Kier alpha value is -1.22. The summed E-state index contributed by atoms with van der Waals surface area (Å²) in [7, 11) is 1.67. The van der Waals surface area contributed by atoms with Crippen LogP contribution >= 0.6 is 0 Å². The summed E-state index contributed by atoms with van der Waals surface area (Å²) in [5.41, 5.74) is 8.09. The average Bonchev–Trinajstić information content (AvgIpc) is 2.48. The van der Waals surface area contributed by atoms with Crippen LogP contribution in [0, 0.1) is 5.92 Å². The molecule has 1 saturated carbocycles. The summed E-state index contributed by atoms with van der Waals surface area (Å²) in [6.07, 6.45) is 8.45. The van der Waals surface area contributed by atoms with Gasteiger partial charge in [-0.1, -0.05) is 18.9 Å². The fourth-order valence-corrected chi connectivity index (χ4v) is 4.04. The van der Waals surface area contributed by atoms with Gasteiger partial charge in [-0.2, -0.15) is 0 Å². The lowest BCUT2D eigenvalue weighted by atomic mass is 9.78. The van der Waals surface area contributed by atoms with Crippen molar-refractivity contribution in [2.45, 2.75) is 51.1 Å². The maximum atomic E-state index is 6.03. The SMILES string of the molecule is COc1ccc(CN2CCC[C@H]3CCCC[C@H]32)cc1N. The number of likely N-dealkylation sites (tertiary alicyclic amines) is 1. The van der Waals surface area contributed by atoms with Crippen molar-refractivity contribution in [1.82, 2.24) is 4.90 Å². The molecule has 1 saturated heterocycles. The molecule has 0 spiro atoms. The second-order valence-electron chi connectivity index (χ2n) is 6.30. The minimum atomic E-state index is 0.752. The maximum Gasteiger partial charge on any atom is 0.141 e. The second kappa shape index (κ2) is 6.04. The number of anilines is 1. The maximum absolute atomic E-state index is 6.03. The zero-order chi connectivity index (χ0) is 13.9. The van der Waals surface area contributed by atoms with E-state index < -0.39 is 0 Å². The highest BCUT2D eigenvalue weighted by atomic mass is 16.5. The third-order valence-corrected chi connectivity index (χ3v) is 5.04. The third-order valence-electron chi connectivity index (χ3n) is 5.04. The predicted octanol–water partition coefficient (Wildman–Crippen LogP) is 3.43. The molecule has 20 heavy (non-hydrogen) atoms. The molecule has 1 aromatic carbocycles. The van der Waals surface area contributed by atoms with Crippen LogP contribution in [0.1, 0.15) is 44.1 Å². The van der Waals surface area contributed by atoms with E-state index in [0.717, 1.165) is 29.9 Å². The Morgan fingerprint density at radius 2 is 2.00 bits per heavy atom. The minimum Gasteiger partial charge on any atom is -0.495 e. The molecule has 1 aliphatic carbocycles. The number of nitrogens with two attached hydrogens (primary N) is 1. The van der Waals surface area contributed by atoms with Crippen molar-refractivity contribution < 1.29 is 4.74 Å². The number of rotatable bonds is 3. The van der Waals surface area contributed by atoms with Crippen LogP contribution in [-0.4, -0.2) is 24.6 Å². The van der Waals surface area contributed by atoms with Crippen LogP contribution in [0.5, 0.6) is 5.75 Å². The zero-order valence-electron chi connectivity index (χ0n) is 12.5. The van der Waals surface area contributed by atoms with Gasteiger partial charge >= 0.3 is 0 Å². The van der Waals surface area contributed by atoms with Crippen LogP contribution in [0.15, 0.2) is 18.2 Å². The van der Waals surface area contributed by atoms with E-state index in [1.807, 2.05) is 6.07 Å². The lowest BCUT2D eigenvalue weighted by Crippen LogP contribution is -2.46. The number of methoxy groups -OCH3 is 1. The predicted molar refractivity (Wildman–Crippen MR) is 82.8 cm³/mol. The highest BCUT2D eigenvalue weighted by molar-refractivity contribution is 5.54. The number of nitrogen functional groups attached to an aromatic ring is 1. The Morgan fingerprint density at radius 1 is 1.20 bits per heavy atom. The van der Waals surface area contributed by atoms with Crippen LogP contribution in [0.3, 0.4) is 0 Å². The summed E-state index contributed by atoms with van der Waals surface area (Å²) < 4.78 is 5.24. The quantitative estimate of drug-likeness (QED) is 0.858. The largest absolute Gasteiger partial charge is 0.495 e. The molecule has 110 valence electrons. The monoisotopic (exact) mass is 274 g/mol. The summed E-state index contributed by atoms with van der Waals surface area (Å²) in [6, 6.07) is 7.03. The van der Waals surface area contributed by atoms with Crippen LogP contribution < -0.4 is 10.5 Å². The van der Waals surface area contributed by atoms with Gasteiger partial charge < -0.3 is 10.5 Å². The Balaban J connectivity index is 1.71. The average molecular weight is 274 g/mol. The van der Waals surface area contributed by atoms with Gasteiger partial charge in [0.15, 0.2) is 0 Å². The van der Waals surface area contributed by atoms with Gasteiger partial charge in [0.05, 0.1) is 12.8 Å². The Bertz CT molecular complexity index is 458. The van der Waals surface area contributed by atoms with Crippen LogP contribution in [0.25, 0.3) is 0 Å². The van der Waals surface area contributed by atoms with Gasteiger partial charge in [-0.3, -0.25) is 4.90 Å². The first kappa shape index (κ1) is 13.7. The molecule has 2 fully saturated rings. The standard InChI is InChI=1S/C17H26N2O/c1-20-17-9-8-13(11-15(17)18)12-19-10-4-6-14-5-2-3-7-16(14)19/h8-9,11,14,16H,2-7,10,12,18H2,1H3/t14-,16-/m1/s1. The molecule has 3 rings (SSSR count). The molecule has 0 radical (unpaired) electrons. The topological polar surface area (TPSA) is 38.5 Å². The number of benzene rings is 1. The molecule has 1 aromatic rings. The zero-order valence-corrected chi connectivity index (χ0v) is 12.5. The minimum absolute atomic E-state index is 0.752. The van der Waals surface area contributed by atoms with Gasteiger partial charge in [-0.15, -0.1) is 0 Å². The van der Waals surface area contributed by atoms with Gasteiger partial charge in [-0.25, -0.2) is 0 Å². The number of hydrogen-bond donors (Lipinski definition) is 1. The third kappa shape index (κ3) is 2.78. The van der Waals surface area contributed by atoms with Crippen molar-refractivity contribution in [2.24, 2.45) is 5.92 Å². The lowest BCUT2D eigenvalue weighted by Gasteiger charge is -2.44. The highest BCUT2D eigenvalue weighted by Gasteiger charge is 2.32. The molecule has 0 bridgehead atoms. The van der Waals surface area contributed by atoms with Crippen molar-refractivity contribution in [3.63, 3.8) is 0 Å². The van der Waals surface area contributed by atoms with Crippen molar-refractivity contribution in [2.75, 3.05) is 19.4 Å². The number of piperidine rings is 1. The molecule has 0 amide bonds. The van der Waals surface area contributed by atoms with Gasteiger partial charge in [0.2, 0.25) is 0 Å².